The number of hydrogen-bond acceptors (Lipinski definition) is 6. The van der Waals surface area contributed by atoms with Crippen LogP contribution in [0.15, 0.2) is 18.2 Å². The van der Waals surface area contributed by atoms with E-state index in [0.29, 0.717) is 16.8 Å². The summed E-state index contributed by atoms with van der Waals surface area (Å²) in [6.07, 6.45) is -0.497. The van der Waals surface area contributed by atoms with Gasteiger partial charge in [-0.15, -0.1) is 0 Å². The molecule has 0 fully saturated rings. The predicted molar refractivity (Wildman–Crippen MR) is 119 cm³/mol. The predicted octanol–water partition coefficient (Wildman–Crippen LogP) is 1.97. The fourth-order valence-electron chi connectivity index (χ4n) is 2.59. The van der Waals surface area contributed by atoms with Crippen LogP contribution in [0.5, 0.6) is 0 Å². The quantitative estimate of drug-likeness (QED) is 0.492. The van der Waals surface area contributed by atoms with Crippen LogP contribution in [0.4, 0.5) is 10.5 Å². The Morgan fingerprint density at radius 1 is 1.13 bits per heavy atom. The lowest BCUT2D eigenvalue weighted by atomic mass is 10.0. The van der Waals surface area contributed by atoms with Crippen molar-refractivity contribution < 1.29 is 24.2 Å². The lowest BCUT2D eigenvalue weighted by molar-refractivity contribution is -0.127. The number of amides is 3. The molecule has 0 aliphatic rings. The van der Waals surface area contributed by atoms with Crippen LogP contribution in [0.2, 0.25) is 0 Å². The lowest BCUT2D eigenvalue weighted by Gasteiger charge is -2.25. The summed E-state index contributed by atoms with van der Waals surface area (Å²) >= 11 is 0. The fraction of sp³-hybridized carbons (Fsp3) is 0.591. The summed E-state index contributed by atoms with van der Waals surface area (Å²) in [7, 11) is 1.59. The third-order valence-electron chi connectivity index (χ3n) is 4.53. The average molecular weight is 437 g/mol. The molecule has 31 heavy (non-hydrogen) atoms. The Hall–Kier alpha value is -2.65. The summed E-state index contributed by atoms with van der Waals surface area (Å²) in [6.45, 7) is 10.5. The van der Waals surface area contributed by atoms with Crippen LogP contribution < -0.4 is 16.4 Å². The number of aliphatic hydroxyl groups is 1. The molecule has 1 aromatic carbocycles. The van der Waals surface area contributed by atoms with Gasteiger partial charge in [0.05, 0.1) is 12.6 Å². The van der Waals surface area contributed by atoms with Crippen molar-refractivity contribution in [1.82, 2.24) is 10.2 Å². The van der Waals surface area contributed by atoms with Gasteiger partial charge in [-0.3, -0.25) is 9.59 Å². The Kier molecular flexibility index (Phi) is 9.45. The summed E-state index contributed by atoms with van der Waals surface area (Å²) in [5, 5.41) is 15.0. The van der Waals surface area contributed by atoms with Crippen molar-refractivity contribution in [3.05, 3.63) is 29.3 Å². The van der Waals surface area contributed by atoms with Gasteiger partial charge in [0.25, 0.3) is 0 Å². The van der Waals surface area contributed by atoms with Crippen LogP contribution in [0.1, 0.15) is 52.7 Å². The SMILES string of the molecule is CC(C)[C@H](N)C(=O)N[C@@H](C)C(=O)Nc1ccc(CO)c(CN(C)C(=O)OC(C)(C)C)c1. The maximum atomic E-state index is 12.5. The molecule has 5 N–H and O–H groups in total. The highest BCUT2D eigenvalue weighted by molar-refractivity contribution is 5.97. The standard InChI is InChI=1S/C22H36N4O5/c1-13(2)18(23)20(29)24-14(3)19(28)25-17-9-8-15(12-27)16(10-17)11-26(7)21(30)31-22(4,5)6/h8-10,13-14,18,27H,11-12,23H2,1-7H3,(H,24,29)(H,25,28)/t14-,18-/m0/s1. The van der Waals surface area contributed by atoms with Crippen LogP contribution in [0.3, 0.4) is 0 Å². The van der Waals surface area contributed by atoms with Crippen LogP contribution in [-0.4, -0.2) is 52.6 Å². The third kappa shape index (κ3) is 8.55. The van der Waals surface area contributed by atoms with Crippen molar-refractivity contribution in [2.75, 3.05) is 12.4 Å². The topological polar surface area (TPSA) is 134 Å². The Morgan fingerprint density at radius 3 is 2.26 bits per heavy atom. The minimum absolute atomic E-state index is 0.0502. The number of aliphatic hydroxyl groups excluding tert-OH is 1. The van der Waals surface area contributed by atoms with Gasteiger partial charge in [0.2, 0.25) is 11.8 Å². The third-order valence-corrected chi connectivity index (χ3v) is 4.53. The fourth-order valence-corrected chi connectivity index (χ4v) is 2.59. The molecule has 0 bridgehead atoms. The molecule has 174 valence electrons. The Morgan fingerprint density at radius 2 is 1.74 bits per heavy atom. The largest absolute Gasteiger partial charge is 0.444 e. The zero-order chi connectivity index (χ0) is 23.9. The molecular formula is C22H36N4O5. The Bertz CT molecular complexity index is 789. The highest BCUT2D eigenvalue weighted by Gasteiger charge is 2.23. The second-order valence-electron chi connectivity index (χ2n) is 8.97. The first kappa shape index (κ1) is 26.4. The van der Waals surface area contributed by atoms with E-state index in [4.69, 9.17) is 10.5 Å². The molecule has 0 spiro atoms. The van der Waals surface area contributed by atoms with E-state index in [1.165, 1.54) is 4.90 Å². The molecule has 0 aliphatic carbocycles. The van der Waals surface area contributed by atoms with Crippen LogP contribution in [0, 0.1) is 5.92 Å². The molecule has 0 heterocycles. The summed E-state index contributed by atoms with van der Waals surface area (Å²) < 4.78 is 5.35. The number of anilines is 1. The zero-order valence-corrected chi connectivity index (χ0v) is 19.5. The summed E-state index contributed by atoms with van der Waals surface area (Å²) in [5.41, 5.74) is 6.94. The van der Waals surface area contributed by atoms with Gasteiger partial charge >= 0.3 is 6.09 Å². The molecule has 9 nitrogen and oxygen atoms in total. The van der Waals surface area contributed by atoms with Gasteiger partial charge in [0, 0.05) is 19.3 Å². The average Bonchev–Trinajstić information content (AvgIpc) is 2.65. The van der Waals surface area contributed by atoms with E-state index < -0.39 is 35.6 Å². The number of carbonyl (C=O) groups excluding carboxylic acids is 3. The van der Waals surface area contributed by atoms with Crippen molar-refractivity contribution in [2.45, 2.75) is 72.4 Å². The first-order chi connectivity index (χ1) is 14.2. The molecule has 0 saturated carbocycles. The van der Waals surface area contributed by atoms with Gasteiger partial charge in [0.15, 0.2) is 0 Å². The highest BCUT2D eigenvalue weighted by Crippen LogP contribution is 2.19. The molecule has 1 aromatic rings. The van der Waals surface area contributed by atoms with Gasteiger partial charge in [-0.1, -0.05) is 19.9 Å². The maximum Gasteiger partial charge on any atom is 0.410 e. The monoisotopic (exact) mass is 436 g/mol. The van der Waals surface area contributed by atoms with Gasteiger partial charge in [-0.25, -0.2) is 4.79 Å². The second-order valence-corrected chi connectivity index (χ2v) is 8.97. The number of benzene rings is 1. The van der Waals surface area contributed by atoms with Crippen molar-refractivity contribution in [3.8, 4) is 0 Å². The molecule has 0 radical (unpaired) electrons. The molecule has 3 amide bonds. The van der Waals surface area contributed by atoms with E-state index in [9.17, 15) is 19.5 Å². The van der Waals surface area contributed by atoms with E-state index in [2.05, 4.69) is 10.6 Å². The molecule has 9 heteroatoms. The minimum atomic E-state index is -0.789. The number of nitrogens with one attached hydrogen (secondary N) is 2. The van der Waals surface area contributed by atoms with Gasteiger partial charge in [-0.05, 0) is 56.9 Å². The summed E-state index contributed by atoms with van der Waals surface area (Å²) in [5.74, 6) is -0.855. The molecule has 0 saturated heterocycles. The van der Waals surface area contributed by atoms with Crippen molar-refractivity contribution in [3.63, 3.8) is 0 Å². The van der Waals surface area contributed by atoms with E-state index in [0.717, 1.165) is 0 Å². The molecule has 1 rings (SSSR count). The Labute approximate surface area is 184 Å². The smallest absolute Gasteiger partial charge is 0.410 e. The molecule has 0 unspecified atom stereocenters. The molecule has 0 aromatic heterocycles. The van der Waals surface area contributed by atoms with Crippen molar-refractivity contribution in [2.24, 2.45) is 11.7 Å². The van der Waals surface area contributed by atoms with E-state index >= 15 is 0 Å². The van der Waals surface area contributed by atoms with E-state index in [1.807, 2.05) is 13.8 Å². The van der Waals surface area contributed by atoms with Crippen molar-refractivity contribution >= 4 is 23.6 Å². The highest BCUT2D eigenvalue weighted by atomic mass is 16.6. The number of nitrogens with zero attached hydrogens (tertiary/aromatic N) is 1. The normalized spacial score (nSPS) is 13.4. The van der Waals surface area contributed by atoms with Crippen LogP contribution in [-0.2, 0) is 27.5 Å². The number of ether oxygens (including phenoxy) is 1. The van der Waals surface area contributed by atoms with Gasteiger partial charge in [0.1, 0.15) is 11.6 Å². The zero-order valence-electron chi connectivity index (χ0n) is 19.5. The number of hydrogen-bond donors (Lipinski definition) is 4. The van der Waals surface area contributed by atoms with E-state index in [1.54, 1.807) is 52.9 Å². The maximum absolute atomic E-state index is 12.5. The number of rotatable bonds is 8. The molecule has 2 atom stereocenters. The van der Waals surface area contributed by atoms with Crippen LogP contribution in [0.25, 0.3) is 0 Å². The van der Waals surface area contributed by atoms with Crippen LogP contribution >= 0.6 is 0 Å². The molecular weight excluding hydrogens is 400 g/mol. The minimum Gasteiger partial charge on any atom is -0.444 e. The summed E-state index contributed by atoms with van der Waals surface area (Å²) in [4.78, 5) is 38.2. The van der Waals surface area contributed by atoms with Crippen molar-refractivity contribution in [1.29, 1.82) is 0 Å². The van der Waals surface area contributed by atoms with E-state index in [-0.39, 0.29) is 19.1 Å². The Balaban J connectivity index is 2.88. The molecule has 0 aliphatic heterocycles. The summed E-state index contributed by atoms with van der Waals surface area (Å²) in [6, 6.07) is 3.51. The first-order valence-corrected chi connectivity index (χ1v) is 10.3. The second kappa shape index (κ2) is 11.1. The lowest BCUT2D eigenvalue weighted by Crippen LogP contribution is -2.50. The van der Waals surface area contributed by atoms with Gasteiger partial charge in [-0.2, -0.15) is 0 Å². The number of carbonyl (C=O) groups is 3. The first-order valence-electron chi connectivity index (χ1n) is 10.3. The number of nitrogens with two attached hydrogens (primary N) is 1. The van der Waals surface area contributed by atoms with Gasteiger partial charge < -0.3 is 31.1 Å².